The average Bonchev–Trinajstić information content (AvgIpc) is 1.65. The van der Waals surface area contributed by atoms with Crippen LogP contribution in [0.1, 0.15) is 27.2 Å². The zero-order valence-electron chi connectivity index (χ0n) is 5.61. The van der Waals surface area contributed by atoms with Gasteiger partial charge >= 0.3 is 0 Å². The van der Waals surface area contributed by atoms with Crippen LogP contribution in [0.5, 0.6) is 0 Å². The van der Waals surface area contributed by atoms with Crippen LogP contribution in [0, 0.1) is 5.92 Å². The van der Waals surface area contributed by atoms with Gasteiger partial charge in [0, 0.05) is 17.1 Å². The van der Waals surface area contributed by atoms with E-state index < -0.39 is 0 Å². The standard InChI is InChI=1S/C6H14O.Cu/c1-4-5(2)6(3)7;/h5-7H,4H2,1-3H3;. The second kappa shape index (κ2) is 5.61. The number of aliphatic hydroxyl groups excluding tert-OH is 1. The van der Waals surface area contributed by atoms with Gasteiger partial charge in [0.25, 0.3) is 0 Å². The maximum Gasteiger partial charge on any atom is 0.0537 e. The smallest absolute Gasteiger partial charge is 0.0537 e. The average molecular weight is 166 g/mol. The molecule has 0 aromatic carbocycles. The normalized spacial score (nSPS) is 16.5. The molecule has 1 radical (unpaired) electrons. The molecule has 0 aliphatic heterocycles. The van der Waals surface area contributed by atoms with Crippen molar-refractivity contribution >= 4 is 0 Å². The summed E-state index contributed by atoms with van der Waals surface area (Å²) in [5, 5.41) is 8.82. The molecule has 0 aromatic heterocycles. The van der Waals surface area contributed by atoms with E-state index in [2.05, 4.69) is 6.92 Å². The Morgan fingerprint density at radius 3 is 1.75 bits per heavy atom. The first-order chi connectivity index (χ1) is 3.18. The van der Waals surface area contributed by atoms with E-state index in [1.165, 1.54) is 0 Å². The topological polar surface area (TPSA) is 20.2 Å². The van der Waals surface area contributed by atoms with Crippen molar-refractivity contribution in [2.75, 3.05) is 0 Å². The van der Waals surface area contributed by atoms with Crippen molar-refractivity contribution in [3.63, 3.8) is 0 Å². The largest absolute Gasteiger partial charge is 0.393 e. The minimum Gasteiger partial charge on any atom is -0.393 e. The van der Waals surface area contributed by atoms with Gasteiger partial charge in [-0.2, -0.15) is 0 Å². The second-order valence-electron chi connectivity index (χ2n) is 2.13. The molecule has 0 bridgehead atoms. The number of rotatable bonds is 2. The first-order valence-corrected chi connectivity index (χ1v) is 2.86. The van der Waals surface area contributed by atoms with Crippen LogP contribution >= 0.6 is 0 Å². The molecule has 55 valence electrons. The van der Waals surface area contributed by atoms with E-state index in [4.69, 9.17) is 5.11 Å². The van der Waals surface area contributed by atoms with Crippen LogP contribution in [0.4, 0.5) is 0 Å². The molecule has 0 aliphatic carbocycles. The summed E-state index contributed by atoms with van der Waals surface area (Å²) in [6.07, 6.45) is 0.933. The van der Waals surface area contributed by atoms with E-state index in [9.17, 15) is 0 Å². The first kappa shape index (κ1) is 11.3. The van der Waals surface area contributed by atoms with Crippen molar-refractivity contribution < 1.29 is 22.2 Å². The van der Waals surface area contributed by atoms with Gasteiger partial charge in [-0.05, 0) is 12.8 Å². The molecule has 0 heterocycles. The van der Waals surface area contributed by atoms with Crippen LogP contribution in [0.25, 0.3) is 0 Å². The third kappa shape index (κ3) is 4.63. The van der Waals surface area contributed by atoms with Crippen molar-refractivity contribution in [1.29, 1.82) is 0 Å². The van der Waals surface area contributed by atoms with Crippen LogP contribution in [0.3, 0.4) is 0 Å². The van der Waals surface area contributed by atoms with E-state index >= 15 is 0 Å². The summed E-state index contributed by atoms with van der Waals surface area (Å²) in [6.45, 7) is 5.95. The minimum atomic E-state index is -0.134. The van der Waals surface area contributed by atoms with E-state index in [1.807, 2.05) is 13.8 Å². The second-order valence-corrected chi connectivity index (χ2v) is 2.13. The summed E-state index contributed by atoms with van der Waals surface area (Å²) in [7, 11) is 0. The van der Waals surface area contributed by atoms with Crippen molar-refractivity contribution in [2.45, 2.75) is 33.3 Å². The predicted octanol–water partition coefficient (Wildman–Crippen LogP) is 1.41. The summed E-state index contributed by atoms with van der Waals surface area (Å²) in [5.41, 5.74) is 0. The molecule has 0 aliphatic rings. The zero-order valence-corrected chi connectivity index (χ0v) is 6.55. The van der Waals surface area contributed by atoms with Crippen molar-refractivity contribution in [1.82, 2.24) is 0 Å². The summed E-state index contributed by atoms with van der Waals surface area (Å²) in [5.74, 6) is 0.458. The molecule has 0 spiro atoms. The first-order valence-electron chi connectivity index (χ1n) is 2.86. The molecule has 2 heteroatoms. The summed E-state index contributed by atoms with van der Waals surface area (Å²) in [4.78, 5) is 0. The maximum absolute atomic E-state index is 8.82. The van der Waals surface area contributed by atoms with Gasteiger partial charge < -0.3 is 5.11 Å². The van der Waals surface area contributed by atoms with Gasteiger partial charge in [0.05, 0.1) is 6.10 Å². The van der Waals surface area contributed by atoms with E-state index in [0.29, 0.717) is 5.92 Å². The number of hydrogen-bond acceptors (Lipinski definition) is 1. The molecule has 8 heavy (non-hydrogen) atoms. The molecule has 1 N–H and O–H groups in total. The fourth-order valence-corrected chi connectivity index (χ4v) is 0.341. The van der Waals surface area contributed by atoms with Crippen LogP contribution in [-0.2, 0) is 17.1 Å². The Kier molecular flexibility index (Phi) is 7.93. The van der Waals surface area contributed by atoms with Gasteiger partial charge in [-0.25, -0.2) is 0 Å². The van der Waals surface area contributed by atoms with Crippen LogP contribution in [0.2, 0.25) is 0 Å². The molecule has 0 fully saturated rings. The van der Waals surface area contributed by atoms with E-state index in [0.717, 1.165) is 6.42 Å². The molecule has 0 saturated carbocycles. The summed E-state index contributed by atoms with van der Waals surface area (Å²) >= 11 is 0. The molecule has 2 unspecified atom stereocenters. The Balaban J connectivity index is 0. The van der Waals surface area contributed by atoms with Crippen LogP contribution in [-0.4, -0.2) is 11.2 Å². The molecule has 0 rings (SSSR count). The SMILES string of the molecule is CCC(C)C(C)O.[Cu]. The molecule has 0 aromatic rings. The number of hydrogen-bond donors (Lipinski definition) is 1. The van der Waals surface area contributed by atoms with Crippen molar-refractivity contribution in [3.05, 3.63) is 0 Å². The van der Waals surface area contributed by atoms with Gasteiger partial charge in [-0.15, -0.1) is 0 Å². The molecule has 1 nitrogen and oxygen atoms in total. The Bertz CT molecular complexity index is 45.8. The minimum absolute atomic E-state index is 0. The van der Waals surface area contributed by atoms with Crippen molar-refractivity contribution in [2.24, 2.45) is 5.92 Å². The summed E-state index contributed by atoms with van der Waals surface area (Å²) < 4.78 is 0. The maximum atomic E-state index is 8.82. The Hall–Kier alpha value is 0.479. The fraction of sp³-hybridized carbons (Fsp3) is 1.00. The van der Waals surface area contributed by atoms with E-state index in [1.54, 1.807) is 0 Å². The van der Waals surface area contributed by atoms with Gasteiger partial charge in [0.1, 0.15) is 0 Å². The Labute approximate surface area is 62.0 Å². The third-order valence-corrected chi connectivity index (χ3v) is 1.47. The molecule has 2 atom stereocenters. The fourth-order valence-electron chi connectivity index (χ4n) is 0.341. The quantitative estimate of drug-likeness (QED) is 0.614. The van der Waals surface area contributed by atoms with Gasteiger partial charge in [0.2, 0.25) is 0 Å². The van der Waals surface area contributed by atoms with E-state index in [-0.39, 0.29) is 23.2 Å². The molecule has 0 saturated heterocycles. The molecular formula is C6H14CuO. The van der Waals surface area contributed by atoms with Crippen molar-refractivity contribution in [3.8, 4) is 0 Å². The summed E-state index contributed by atoms with van der Waals surface area (Å²) in [6, 6.07) is 0. The monoisotopic (exact) mass is 165 g/mol. The van der Waals surface area contributed by atoms with Gasteiger partial charge in [0.15, 0.2) is 0 Å². The number of aliphatic hydroxyl groups is 1. The zero-order chi connectivity index (χ0) is 5.86. The Morgan fingerprint density at radius 2 is 1.75 bits per heavy atom. The molecule has 0 amide bonds. The van der Waals surface area contributed by atoms with Gasteiger partial charge in [-0.3, -0.25) is 0 Å². The van der Waals surface area contributed by atoms with Crippen LogP contribution < -0.4 is 0 Å². The van der Waals surface area contributed by atoms with Gasteiger partial charge in [-0.1, -0.05) is 20.3 Å². The Morgan fingerprint density at radius 1 is 1.38 bits per heavy atom. The molecular weight excluding hydrogens is 152 g/mol. The van der Waals surface area contributed by atoms with Crippen LogP contribution in [0.15, 0.2) is 0 Å². The third-order valence-electron chi connectivity index (χ3n) is 1.47. The predicted molar refractivity (Wildman–Crippen MR) is 31.1 cm³/mol.